The predicted octanol–water partition coefficient (Wildman–Crippen LogP) is 0.144. The number of carbonyl (C=O) groups excluding carboxylic acids is 1. The quantitative estimate of drug-likeness (QED) is 0.536. The van der Waals surface area contributed by atoms with Crippen molar-refractivity contribution >= 4 is 15.8 Å². The summed E-state index contributed by atoms with van der Waals surface area (Å²) in [5.41, 5.74) is -0.583. The number of ether oxygens (including phenoxy) is 1. The number of carbonyl (C=O) groups is 1. The Morgan fingerprint density at radius 3 is 3.00 bits per heavy atom. The first-order chi connectivity index (χ1) is 4.79. The second-order valence-corrected chi connectivity index (χ2v) is 1.86. The van der Waals surface area contributed by atoms with Gasteiger partial charge < -0.3 is 4.74 Å². The monoisotopic (exact) mass is 151 g/mol. The van der Waals surface area contributed by atoms with Gasteiger partial charge in [-0.1, -0.05) is 0 Å². The van der Waals surface area contributed by atoms with Gasteiger partial charge in [0.25, 0.3) is 5.59 Å². The Balaban J connectivity index is 2.67. The van der Waals surface area contributed by atoms with Crippen molar-refractivity contribution < 1.29 is 9.53 Å². The van der Waals surface area contributed by atoms with Gasteiger partial charge in [0.15, 0.2) is 10.2 Å². The lowest BCUT2D eigenvalue weighted by molar-refractivity contribution is 0.223. The van der Waals surface area contributed by atoms with E-state index in [1.807, 2.05) is 0 Å². The van der Waals surface area contributed by atoms with E-state index in [0.717, 1.165) is 0 Å². The van der Waals surface area contributed by atoms with Crippen LogP contribution in [0.1, 0.15) is 0 Å². The van der Waals surface area contributed by atoms with Crippen LogP contribution in [0, 0.1) is 0 Å². The SMILES string of the molecule is O=C([Si])Oc1cccnn1. The van der Waals surface area contributed by atoms with Gasteiger partial charge in [-0.15, -0.1) is 5.10 Å². The van der Waals surface area contributed by atoms with E-state index in [4.69, 9.17) is 0 Å². The first-order valence-electron chi connectivity index (χ1n) is 2.50. The van der Waals surface area contributed by atoms with E-state index in [2.05, 4.69) is 25.2 Å². The largest absolute Gasteiger partial charge is 0.411 e. The third-order valence-electron chi connectivity index (χ3n) is 0.745. The first kappa shape index (κ1) is 6.88. The second-order valence-electron chi connectivity index (χ2n) is 1.45. The molecule has 1 heterocycles. The molecule has 0 amide bonds. The third kappa shape index (κ3) is 1.94. The van der Waals surface area contributed by atoms with Crippen molar-refractivity contribution in [2.75, 3.05) is 0 Å². The van der Waals surface area contributed by atoms with Crippen LogP contribution in [0.4, 0.5) is 4.79 Å². The molecule has 1 aromatic heterocycles. The van der Waals surface area contributed by atoms with Crippen molar-refractivity contribution in [2.45, 2.75) is 0 Å². The predicted molar refractivity (Wildman–Crippen MR) is 33.8 cm³/mol. The molecule has 0 aliphatic heterocycles. The molecule has 5 heteroatoms. The summed E-state index contributed by atoms with van der Waals surface area (Å²) < 4.78 is 4.52. The average molecular weight is 151 g/mol. The van der Waals surface area contributed by atoms with E-state index in [0.29, 0.717) is 0 Å². The van der Waals surface area contributed by atoms with Crippen LogP contribution >= 0.6 is 0 Å². The molecule has 0 aliphatic rings. The van der Waals surface area contributed by atoms with E-state index in [-0.39, 0.29) is 5.88 Å². The van der Waals surface area contributed by atoms with Crippen molar-refractivity contribution in [1.82, 2.24) is 10.2 Å². The highest BCUT2D eigenvalue weighted by molar-refractivity contribution is 6.55. The molecule has 0 bridgehead atoms. The summed E-state index contributed by atoms with van der Waals surface area (Å²) in [6, 6.07) is 3.16. The van der Waals surface area contributed by atoms with E-state index in [1.165, 1.54) is 12.3 Å². The number of hydrogen-bond acceptors (Lipinski definition) is 4. The van der Waals surface area contributed by atoms with Crippen molar-refractivity contribution in [3.05, 3.63) is 18.3 Å². The zero-order valence-corrected chi connectivity index (χ0v) is 5.94. The molecule has 0 saturated carbocycles. The van der Waals surface area contributed by atoms with Crippen LogP contribution in [0.25, 0.3) is 0 Å². The Hall–Kier alpha value is -1.23. The highest BCUT2D eigenvalue weighted by Crippen LogP contribution is 2.00. The van der Waals surface area contributed by atoms with Gasteiger partial charge in [-0.3, -0.25) is 4.79 Å². The van der Waals surface area contributed by atoms with Crippen molar-refractivity contribution in [3.8, 4) is 5.88 Å². The van der Waals surface area contributed by atoms with Crippen LogP contribution in [0.15, 0.2) is 18.3 Å². The highest BCUT2D eigenvalue weighted by atomic mass is 28.1. The summed E-state index contributed by atoms with van der Waals surface area (Å²) in [6.45, 7) is 0. The molecule has 0 fully saturated rings. The number of nitrogens with zero attached hydrogens (tertiary/aromatic N) is 2. The average Bonchev–Trinajstić information content (AvgIpc) is 1.88. The molecule has 0 aliphatic carbocycles. The molecule has 0 aromatic carbocycles. The number of hydrogen-bond donors (Lipinski definition) is 0. The first-order valence-corrected chi connectivity index (χ1v) is 3.00. The minimum Gasteiger partial charge on any atom is -0.411 e. The summed E-state index contributed by atoms with van der Waals surface area (Å²) in [7, 11) is 2.63. The van der Waals surface area contributed by atoms with Crippen LogP contribution in [0.5, 0.6) is 5.88 Å². The molecular weight excluding hydrogens is 148 g/mol. The summed E-state index contributed by atoms with van der Waals surface area (Å²) in [5.74, 6) is 0.183. The fourth-order valence-electron chi connectivity index (χ4n) is 0.437. The molecular formula is C5H3N2O2Si. The maximum atomic E-state index is 10.2. The summed E-state index contributed by atoms with van der Waals surface area (Å²) in [4.78, 5) is 10.2. The lowest BCUT2D eigenvalue weighted by Crippen LogP contribution is -2.05. The summed E-state index contributed by atoms with van der Waals surface area (Å²) >= 11 is 0. The molecule has 1 rings (SSSR count). The fourth-order valence-corrected chi connectivity index (χ4v) is 0.541. The van der Waals surface area contributed by atoms with E-state index < -0.39 is 5.59 Å². The zero-order valence-electron chi connectivity index (χ0n) is 4.94. The molecule has 1 aromatic rings. The van der Waals surface area contributed by atoms with Crippen LogP contribution in [-0.2, 0) is 0 Å². The Bertz CT molecular complexity index is 226. The Labute approximate surface area is 60.7 Å². The number of aromatic nitrogens is 2. The van der Waals surface area contributed by atoms with Crippen LogP contribution in [-0.4, -0.2) is 26.0 Å². The van der Waals surface area contributed by atoms with Gasteiger partial charge in [0, 0.05) is 12.3 Å². The molecule has 0 N–H and O–H groups in total. The summed E-state index contributed by atoms with van der Waals surface area (Å²) in [5, 5.41) is 6.98. The van der Waals surface area contributed by atoms with Crippen LogP contribution in [0.3, 0.4) is 0 Å². The third-order valence-corrected chi connectivity index (χ3v) is 0.847. The lowest BCUT2D eigenvalue weighted by atomic mass is 10.6. The van der Waals surface area contributed by atoms with Gasteiger partial charge in [0.2, 0.25) is 5.88 Å². The molecule has 10 heavy (non-hydrogen) atoms. The Morgan fingerprint density at radius 2 is 2.50 bits per heavy atom. The second kappa shape index (κ2) is 3.07. The van der Waals surface area contributed by atoms with Gasteiger partial charge in [0.1, 0.15) is 0 Å². The molecule has 3 radical (unpaired) electrons. The Kier molecular flexibility index (Phi) is 2.11. The minimum absolute atomic E-state index is 0.183. The minimum atomic E-state index is -0.583. The Morgan fingerprint density at radius 1 is 1.70 bits per heavy atom. The number of rotatable bonds is 1. The summed E-state index contributed by atoms with van der Waals surface area (Å²) in [6.07, 6.45) is 1.49. The highest BCUT2D eigenvalue weighted by Gasteiger charge is 1.95. The molecule has 0 unspecified atom stereocenters. The van der Waals surface area contributed by atoms with Gasteiger partial charge in [-0.25, -0.2) is 0 Å². The lowest BCUT2D eigenvalue weighted by Gasteiger charge is -1.95. The zero-order chi connectivity index (χ0) is 7.40. The van der Waals surface area contributed by atoms with Gasteiger partial charge in [-0.2, -0.15) is 5.10 Å². The molecule has 0 spiro atoms. The standard InChI is InChI=1S/C5H3N2O2Si/c8-5(10)9-4-2-1-3-6-7-4/h1-3H. The maximum Gasteiger partial charge on any atom is 0.271 e. The van der Waals surface area contributed by atoms with Crippen molar-refractivity contribution in [2.24, 2.45) is 0 Å². The normalized spacial score (nSPS) is 8.90. The van der Waals surface area contributed by atoms with E-state index >= 15 is 0 Å². The molecule has 0 atom stereocenters. The van der Waals surface area contributed by atoms with Crippen molar-refractivity contribution in [1.29, 1.82) is 0 Å². The topological polar surface area (TPSA) is 52.1 Å². The fraction of sp³-hybridized carbons (Fsp3) is 0. The van der Waals surface area contributed by atoms with Gasteiger partial charge in [0.05, 0.1) is 0 Å². The van der Waals surface area contributed by atoms with Crippen LogP contribution in [0.2, 0.25) is 0 Å². The van der Waals surface area contributed by atoms with Gasteiger partial charge in [-0.05, 0) is 6.07 Å². The molecule has 0 saturated heterocycles. The smallest absolute Gasteiger partial charge is 0.271 e. The van der Waals surface area contributed by atoms with Gasteiger partial charge >= 0.3 is 0 Å². The molecule has 49 valence electrons. The van der Waals surface area contributed by atoms with E-state index in [1.54, 1.807) is 6.07 Å². The van der Waals surface area contributed by atoms with Crippen LogP contribution < -0.4 is 4.74 Å². The molecule has 4 nitrogen and oxygen atoms in total. The maximum absolute atomic E-state index is 10.2. The van der Waals surface area contributed by atoms with Crippen molar-refractivity contribution in [3.63, 3.8) is 0 Å². The van der Waals surface area contributed by atoms with E-state index in [9.17, 15) is 4.79 Å².